The van der Waals surface area contributed by atoms with E-state index in [0.29, 0.717) is 6.61 Å². The van der Waals surface area contributed by atoms with Gasteiger partial charge >= 0.3 is 6.01 Å². The van der Waals surface area contributed by atoms with Gasteiger partial charge in [-0.25, -0.2) is 4.39 Å². The Balaban J connectivity index is 2.52. The Labute approximate surface area is 104 Å². The number of nitrogen functional groups attached to an aromatic ring is 1. The lowest BCUT2D eigenvalue weighted by Gasteiger charge is -2.06. The standard InChI is InChI=1S/C12H13FN4O/c1-3-18-12-16-10(15-11(14)17-12)8-6-7(2)4-5-9(8)13/h4-6H,3H2,1-2H3,(H2,14,15,16,17). The average Bonchev–Trinajstić information content (AvgIpc) is 2.32. The van der Waals surface area contributed by atoms with E-state index in [1.54, 1.807) is 19.1 Å². The molecule has 6 heteroatoms. The first-order chi connectivity index (χ1) is 8.60. The maximum atomic E-state index is 13.7. The van der Waals surface area contributed by atoms with Gasteiger partial charge in [0.25, 0.3) is 0 Å². The van der Waals surface area contributed by atoms with Crippen molar-refractivity contribution in [2.75, 3.05) is 12.3 Å². The molecule has 1 aromatic heterocycles. The molecule has 0 aliphatic heterocycles. The monoisotopic (exact) mass is 248 g/mol. The van der Waals surface area contributed by atoms with E-state index in [1.165, 1.54) is 6.07 Å². The second-order valence-corrected chi connectivity index (χ2v) is 3.72. The number of nitrogens with zero attached hydrogens (tertiary/aromatic N) is 3. The Morgan fingerprint density at radius 2 is 2.06 bits per heavy atom. The van der Waals surface area contributed by atoms with Crippen LogP contribution in [0.2, 0.25) is 0 Å². The Morgan fingerprint density at radius 3 is 2.78 bits per heavy atom. The number of aromatic nitrogens is 3. The molecule has 0 aliphatic carbocycles. The first kappa shape index (κ1) is 12.2. The van der Waals surface area contributed by atoms with Crippen LogP contribution in [0.4, 0.5) is 10.3 Å². The molecule has 0 aliphatic rings. The van der Waals surface area contributed by atoms with E-state index in [4.69, 9.17) is 10.5 Å². The van der Waals surface area contributed by atoms with Crippen LogP contribution >= 0.6 is 0 Å². The van der Waals surface area contributed by atoms with Crippen LogP contribution in [0.3, 0.4) is 0 Å². The normalized spacial score (nSPS) is 10.4. The third-order valence-electron chi connectivity index (χ3n) is 2.27. The van der Waals surface area contributed by atoms with Crippen LogP contribution in [0.25, 0.3) is 11.4 Å². The van der Waals surface area contributed by atoms with Gasteiger partial charge in [0.15, 0.2) is 5.82 Å². The molecule has 0 saturated carbocycles. The van der Waals surface area contributed by atoms with Crippen LogP contribution in [0, 0.1) is 12.7 Å². The van der Waals surface area contributed by atoms with E-state index in [0.717, 1.165) is 5.56 Å². The highest BCUT2D eigenvalue weighted by Gasteiger charge is 2.12. The Kier molecular flexibility index (Phi) is 3.36. The highest BCUT2D eigenvalue weighted by Crippen LogP contribution is 2.22. The van der Waals surface area contributed by atoms with Crippen molar-refractivity contribution in [1.29, 1.82) is 0 Å². The van der Waals surface area contributed by atoms with Gasteiger partial charge in [0, 0.05) is 0 Å². The number of anilines is 1. The Bertz CT molecular complexity index is 574. The van der Waals surface area contributed by atoms with Crippen molar-refractivity contribution in [1.82, 2.24) is 15.0 Å². The predicted octanol–water partition coefficient (Wildman–Crippen LogP) is 1.97. The second kappa shape index (κ2) is 4.95. The number of nitrogens with two attached hydrogens (primary N) is 1. The van der Waals surface area contributed by atoms with Gasteiger partial charge in [-0.15, -0.1) is 0 Å². The first-order valence-electron chi connectivity index (χ1n) is 5.51. The van der Waals surface area contributed by atoms with E-state index in [2.05, 4.69) is 15.0 Å². The molecule has 0 amide bonds. The number of halogens is 1. The summed E-state index contributed by atoms with van der Waals surface area (Å²) in [5.41, 5.74) is 6.74. The topological polar surface area (TPSA) is 73.9 Å². The van der Waals surface area contributed by atoms with Gasteiger partial charge in [-0.1, -0.05) is 11.6 Å². The molecule has 0 bridgehead atoms. The minimum absolute atomic E-state index is 0.00403. The SMILES string of the molecule is CCOc1nc(N)nc(-c2cc(C)ccc2F)n1. The molecule has 0 radical (unpaired) electrons. The van der Waals surface area contributed by atoms with E-state index >= 15 is 0 Å². The van der Waals surface area contributed by atoms with Gasteiger partial charge in [0.1, 0.15) is 5.82 Å². The van der Waals surface area contributed by atoms with E-state index in [1.807, 2.05) is 6.92 Å². The predicted molar refractivity (Wildman–Crippen MR) is 65.5 cm³/mol. The van der Waals surface area contributed by atoms with Crippen LogP contribution in [0.5, 0.6) is 6.01 Å². The first-order valence-corrected chi connectivity index (χ1v) is 5.51. The summed E-state index contributed by atoms with van der Waals surface area (Å²) in [5.74, 6) is -0.231. The van der Waals surface area contributed by atoms with Gasteiger partial charge in [-0.3, -0.25) is 0 Å². The largest absolute Gasteiger partial charge is 0.464 e. The number of ether oxygens (including phenoxy) is 1. The minimum Gasteiger partial charge on any atom is -0.464 e. The Morgan fingerprint density at radius 1 is 1.28 bits per heavy atom. The number of benzene rings is 1. The molecule has 0 atom stereocenters. The zero-order chi connectivity index (χ0) is 13.1. The lowest BCUT2D eigenvalue weighted by Crippen LogP contribution is -2.05. The van der Waals surface area contributed by atoms with Crippen LogP contribution in [-0.4, -0.2) is 21.6 Å². The molecule has 1 heterocycles. The van der Waals surface area contributed by atoms with Gasteiger partial charge in [0.2, 0.25) is 5.95 Å². The van der Waals surface area contributed by atoms with Gasteiger partial charge in [-0.05, 0) is 26.0 Å². The lowest BCUT2D eigenvalue weighted by molar-refractivity contribution is 0.312. The van der Waals surface area contributed by atoms with Gasteiger partial charge in [0.05, 0.1) is 12.2 Å². The fourth-order valence-electron chi connectivity index (χ4n) is 1.50. The fraction of sp³-hybridized carbons (Fsp3) is 0.250. The molecule has 18 heavy (non-hydrogen) atoms. The molecule has 2 rings (SSSR count). The number of aryl methyl sites for hydroxylation is 1. The molecule has 0 saturated heterocycles. The smallest absolute Gasteiger partial charge is 0.321 e. The van der Waals surface area contributed by atoms with Crippen LogP contribution in [0.1, 0.15) is 12.5 Å². The summed E-state index contributed by atoms with van der Waals surface area (Å²) in [6.07, 6.45) is 0. The summed E-state index contributed by atoms with van der Waals surface area (Å²) in [7, 11) is 0. The maximum absolute atomic E-state index is 13.7. The van der Waals surface area contributed by atoms with E-state index in [9.17, 15) is 4.39 Å². The van der Waals surface area contributed by atoms with Gasteiger partial charge < -0.3 is 10.5 Å². The van der Waals surface area contributed by atoms with Gasteiger partial charge in [-0.2, -0.15) is 15.0 Å². The lowest BCUT2D eigenvalue weighted by atomic mass is 10.1. The molecule has 0 fully saturated rings. The highest BCUT2D eigenvalue weighted by atomic mass is 19.1. The quantitative estimate of drug-likeness (QED) is 0.898. The fourth-order valence-corrected chi connectivity index (χ4v) is 1.50. The molecular weight excluding hydrogens is 235 g/mol. The van der Waals surface area contributed by atoms with Crippen molar-refractivity contribution in [3.05, 3.63) is 29.6 Å². The van der Waals surface area contributed by atoms with Crippen LogP contribution in [0.15, 0.2) is 18.2 Å². The molecule has 1 aromatic carbocycles. The molecule has 94 valence electrons. The molecular formula is C12H13FN4O. The summed E-state index contributed by atoms with van der Waals surface area (Å²) in [5, 5.41) is 0. The summed E-state index contributed by atoms with van der Waals surface area (Å²) in [4.78, 5) is 11.8. The average molecular weight is 248 g/mol. The molecule has 0 spiro atoms. The summed E-state index contributed by atoms with van der Waals surface area (Å²) < 4.78 is 18.9. The molecule has 2 aromatic rings. The zero-order valence-corrected chi connectivity index (χ0v) is 10.1. The minimum atomic E-state index is -0.409. The van der Waals surface area contributed by atoms with Crippen molar-refractivity contribution in [2.24, 2.45) is 0 Å². The molecule has 5 nitrogen and oxygen atoms in total. The van der Waals surface area contributed by atoms with Crippen LogP contribution in [-0.2, 0) is 0 Å². The van der Waals surface area contributed by atoms with Crippen molar-refractivity contribution in [3.63, 3.8) is 0 Å². The third-order valence-corrected chi connectivity index (χ3v) is 2.27. The maximum Gasteiger partial charge on any atom is 0.321 e. The van der Waals surface area contributed by atoms with Crippen molar-refractivity contribution in [2.45, 2.75) is 13.8 Å². The van der Waals surface area contributed by atoms with E-state index in [-0.39, 0.29) is 23.3 Å². The summed E-state index contributed by atoms with van der Waals surface area (Å²) >= 11 is 0. The third kappa shape index (κ3) is 2.53. The number of hydrogen-bond acceptors (Lipinski definition) is 5. The summed E-state index contributed by atoms with van der Waals surface area (Å²) in [6.45, 7) is 4.06. The number of rotatable bonds is 3. The van der Waals surface area contributed by atoms with Crippen LogP contribution < -0.4 is 10.5 Å². The molecule has 2 N–H and O–H groups in total. The number of hydrogen-bond donors (Lipinski definition) is 1. The molecule has 0 unspecified atom stereocenters. The highest BCUT2D eigenvalue weighted by molar-refractivity contribution is 5.58. The second-order valence-electron chi connectivity index (χ2n) is 3.72. The zero-order valence-electron chi connectivity index (χ0n) is 10.1. The Hall–Kier alpha value is -2.24. The summed E-state index contributed by atoms with van der Waals surface area (Å²) in [6, 6.07) is 4.79. The van der Waals surface area contributed by atoms with Crippen molar-refractivity contribution < 1.29 is 9.13 Å². The van der Waals surface area contributed by atoms with E-state index < -0.39 is 5.82 Å². The van der Waals surface area contributed by atoms with Crippen molar-refractivity contribution in [3.8, 4) is 17.4 Å². The van der Waals surface area contributed by atoms with Crippen molar-refractivity contribution >= 4 is 5.95 Å².